The average Bonchev–Trinajstić information content (AvgIpc) is 3.29. The van der Waals surface area contributed by atoms with Crippen LogP contribution in [0.15, 0.2) is 41.6 Å². The third-order valence-electron chi connectivity index (χ3n) is 4.96. The van der Waals surface area contributed by atoms with Gasteiger partial charge < -0.3 is 10.4 Å². The van der Waals surface area contributed by atoms with Gasteiger partial charge in [-0.15, -0.1) is 0 Å². The Hall–Kier alpha value is -2.81. The molecule has 0 radical (unpaired) electrons. The Morgan fingerprint density at radius 1 is 1.33 bits per heavy atom. The van der Waals surface area contributed by atoms with Gasteiger partial charge in [0.1, 0.15) is 0 Å². The van der Waals surface area contributed by atoms with E-state index in [1.54, 1.807) is 4.90 Å². The molecule has 2 aliphatic heterocycles. The average molecular weight is 386 g/mol. The highest BCUT2D eigenvalue weighted by molar-refractivity contribution is 8.02. The minimum Gasteiger partial charge on any atom is -0.479 e. The molecule has 0 spiro atoms. The number of carbonyl (C=O) groups is 3. The molecular formula is C18H18N4O4S. The van der Waals surface area contributed by atoms with Crippen LogP contribution in [0.1, 0.15) is 26.7 Å². The number of nitrogens with one attached hydrogen (secondary N) is 1. The third kappa shape index (κ3) is 2.53. The van der Waals surface area contributed by atoms with Gasteiger partial charge in [0.15, 0.2) is 10.4 Å². The van der Waals surface area contributed by atoms with E-state index in [-0.39, 0.29) is 11.8 Å². The summed E-state index contributed by atoms with van der Waals surface area (Å²) in [6.45, 7) is 3.04. The normalized spacial score (nSPS) is 21.1. The highest BCUT2D eigenvalue weighted by Crippen LogP contribution is 2.56. The molecule has 3 heterocycles. The topological polar surface area (TPSA) is 105 Å². The Morgan fingerprint density at radius 2 is 2.07 bits per heavy atom. The fraction of sp³-hybridized carbons (Fsp3) is 0.333. The number of fused-ring (bicyclic) bond motifs is 3. The van der Waals surface area contributed by atoms with E-state index in [2.05, 4.69) is 10.4 Å². The highest BCUT2D eigenvalue weighted by Gasteiger charge is 2.57. The first-order chi connectivity index (χ1) is 12.8. The fourth-order valence-electron chi connectivity index (χ4n) is 3.32. The van der Waals surface area contributed by atoms with Crippen molar-refractivity contribution in [2.24, 2.45) is 0 Å². The Balaban J connectivity index is 1.62. The molecule has 2 aliphatic rings. The first-order valence-corrected chi connectivity index (χ1v) is 9.28. The number of thioether (sulfide) groups is 1. The number of aromatic nitrogens is 2. The van der Waals surface area contributed by atoms with E-state index in [4.69, 9.17) is 0 Å². The molecule has 27 heavy (non-hydrogen) atoms. The summed E-state index contributed by atoms with van der Waals surface area (Å²) in [5.74, 6) is -1.43. The Morgan fingerprint density at radius 3 is 2.81 bits per heavy atom. The number of aliphatic carboxylic acids is 1. The Bertz CT molecular complexity index is 970. The molecule has 0 bridgehead atoms. The molecule has 140 valence electrons. The quantitative estimate of drug-likeness (QED) is 0.835. The van der Waals surface area contributed by atoms with Gasteiger partial charge in [-0.3, -0.25) is 19.2 Å². The Labute approximate surface area is 159 Å². The van der Waals surface area contributed by atoms with Crippen molar-refractivity contribution in [2.45, 2.75) is 42.0 Å². The highest BCUT2D eigenvalue weighted by atomic mass is 32.2. The van der Waals surface area contributed by atoms with Gasteiger partial charge in [0.05, 0.1) is 17.6 Å². The first-order valence-electron chi connectivity index (χ1n) is 8.47. The van der Waals surface area contributed by atoms with Gasteiger partial charge in [-0.2, -0.15) is 5.10 Å². The van der Waals surface area contributed by atoms with E-state index >= 15 is 0 Å². The van der Waals surface area contributed by atoms with Crippen molar-refractivity contribution in [3.63, 3.8) is 0 Å². The van der Waals surface area contributed by atoms with Gasteiger partial charge in [0, 0.05) is 17.5 Å². The molecule has 1 saturated heterocycles. The molecule has 8 nitrogen and oxygen atoms in total. The zero-order valence-corrected chi connectivity index (χ0v) is 15.6. The van der Waals surface area contributed by atoms with Gasteiger partial charge in [0.2, 0.25) is 5.91 Å². The van der Waals surface area contributed by atoms with Gasteiger partial charge in [0.25, 0.3) is 5.91 Å². The van der Waals surface area contributed by atoms with Crippen LogP contribution in [-0.4, -0.2) is 37.5 Å². The van der Waals surface area contributed by atoms with Crippen LogP contribution in [0.2, 0.25) is 0 Å². The maximum absolute atomic E-state index is 13.1. The van der Waals surface area contributed by atoms with Gasteiger partial charge >= 0.3 is 5.97 Å². The molecule has 1 aromatic heterocycles. The molecule has 1 atom stereocenters. The molecule has 0 saturated carbocycles. The first kappa shape index (κ1) is 17.6. The Kier molecular flexibility index (Phi) is 3.81. The van der Waals surface area contributed by atoms with Crippen molar-refractivity contribution in [1.82, 2.24) is 9.78 Å². The molecule has 4 rings (SSSR count). The maximum Gasteiger partial charge on any atom is 0.331 e. The zero-order valence-electron chi connectivity index (χ0n) is 14.8. The maximum atomic E-state index is 13.1. The predicted molar refractivity (Wildman–Crippen MR) is 99.6 cm³/mol. The number of hydrogen-bond donors (Lipinski definition) is 2. The molecule has 9 heteroatoms. The monoisotopic (exact) mass is 386 g/mol. The minimum atomic E-state index is -1.24. The molecule has 2 amide bonds. The summed E-state index contributed by atoms with van der Waals surface area (Å²) in [6, 6.07) is 7.46. The largest absolute Gasteiger partial charge is 0.479 e. The van der Waals surface area contributed by atoms with Crippen molar-refractivity contribution in [3.8, 4) is 0 Å². The van der Waals surface area contributed by atoms with Crippen molar-refractivity contribution in [2.75, 3.05) is 10.2 Å². The lowest BCUT2D eigenvalue weighted by molar-refractivity contribution is -0.146. The fourth-order valence-corrected chi connectivity index (χ4v) is 4.73. The number of amides is 2. The molecule has 1 fully saturated rings. The predicted octanol–water partition coefficient (Wildman–Crippen LogP) is 2.27. The number of carboxylic acids is 1. The van der Waals surface area contributed by atoms with Gasteiger partial charge in [-0.25, -0.2) is 4.79 Å². The van der Waals surface area contributed by atoms with Crippen LogP contribution in [0.3, 0.4) is 0 Å². The second kappa shape index (κ2) is 5.85. The number of carbonyl (C=O) groups excluding carboxylic acids is 2. The van der Waals surface area contributed by atoms with Crippen LogP contribution in [0, 0.1) is 0 Å². The van der Waals surface area contributed by atoms with E-state index in [1.807, 2.05) is 24.3 Å². The molecule has 0 aliphatic carbocycles. The van der Waals surface area contributed by atoms with E-state index < -0.39 is 16.4 Å². The molecule has 1 aromatic carbocycles. The number of hydrogen-bond acceptors (Lipinski definition) is 5. The van der Waals surface area contributed by atoms with Crippen LogP contribution >= 0.6 is 11.8 Å². The summed E-state index contributed by atoms with van der Waals surface area (Å²) >= 11 is 1.37. The molecule has 1 unspecified atom stereocenters. The van der Waals surface area contributed by atoms with Crippen LogP contribution in [0.5, 0.6) is 0 Å². The van der Waals surface area contributed by atoms with Crippen molar-refractivity contribution < 1.29 is 19.5 Å². The van der Waals surface area contributed by atoms with Crippen LogP contribution in [0.25, 0.3) is 0 Å². The van der Waals surface area contributed by atoms with Gasteiger partial charge in [-0.1, -0.05) is 23.9 Å². The van der Waals surface area contributed by atoms with Crippen molar-refractivity contribution >= 4 is 40.9 Å². The standard InChI is InChI=1S/C18H18N4O4S/c1-17(2,16(25)26)21-10-11(9-19-21)20-15(24)18-8-7-14(23)22(18)12-5-3-4-6-13(12)27-18/h3-6,9-10H,7-8H2,1-2H3,(H,20,24)(H,25,26). The number of nitrogens with zero attached hydrogens (tertiary/aromatic N) is 3. The smallest absolute Gasteiger partial charge is 0.331 e. The van der Waals surface area contributed by atoms with E-state index in [0.717, 1.165) is 10.6 Å². The summed E-state index contributed by atoms with van der Waals surface area (Å²) in [4.78, 5) is 38.4. The molecular weight excluding hydrogens is 368 g/mol. The van der Waals surface area contributed by atoms with Gasteiger partial charge in [-0.05, 0) is 32.4 Å². The summed E-state index contributed by atoms with van der Waals surface area (Å²) in [6.07, 6.45) is 3.61. The summed E-state index contributed by atoms with van der Waals surface area (Å²) in [5.41, 5.74) is -0.1000. The number of anilines is 2. The molecule has 2 aromatic rings. The number of benzene rings is 1. The summed E-state index contributed by atoms with van der Waals surface area (Å²) in [5, 5.41) is 16.2. The second-order valence-electron chi connectivity index (χ2n) is 7.08. The summed E-state index contributed by atoms with van der Waals surface area (Å²) in [7, 11) is 0. The lowest BCUT2D eigenvalue weighted by Gasteiger charge is -2.29. The third-order valence-corrected chi connectivity index (χ3v) is 6.44. The lowest BCUT2D eigenvalue weighted by Crippen LogP contribution is -2.49. The van der Waals surface area contributed by atoms with E-state index in [9.17, 15) is 19.5 Å². The van der Waals surface area contributed by atoms with E-state index in [1.165, 1.54) is 42.7 Å². The summed E-state index contributed by atoms with van der Waals surface area (Å²) < 4.78 is 1.29. The van der Waals surface area contributed by atoms with E-state index in [0.29, 0.717) is 18.5 Å². The van der Waals surface area contributed by atoms with Crippen molar-refractivity contribution in [1.29, 1.82) is 0 Å². The van der Waals surface area contributed by atoms with Crippen LogP contribution in [0.4, 0.5) is 11.4 Å². The lowest BCUT2D eigenvalue weighted by atomic mass is 10.1. The zero-order chi connectivity index (χ0) is 19.4. The number of para-hydroxylation sites is 1. The van der Waals surface area contributed by atoms with Crippen LogP contribution in [-0.2, 0) is 19.9 Å². The second-order valence-corrected chi connectivity index (χ2v) is 8.39. The SMILES string of the molecule is CC(C)(C(=O)O)n1cc(NC(=O)C23CCC(=O)N2c2ccccc2S3)cn1. The molecule has 2 N–H and O–H groups in total. The van der Waals surface area contributed by atoms with Crippen molar-refractivity contribution in [3.05, 3.63) is 36.7 Å². The number of rotatable bonds is 4. The van der Waals surface area contributed by atoms with Crippen LogP contribution < -0.4 is 10.2 Å². The minimum absolute atomic E-state index is 0.0784. The number of carboxylic acid groups (broad SMARTS) is 1.